The van der Waals surface area contributed by atoms with Crippen molar-refractivity contribution in [1.82, 2.24) is 9.97 Å². The highest BCUT2D eigenvalue weighted by atomic mass is 35.5. The zero-order chi connectivity index (χ0) is 11.4. The van der Waals surface area contributed by atoms with Gasteiger partial charge in [-0.05, 0) is 6.07 Å². The van der Waals surface area contributed by atoms with Crippen LogP contribution >= 0.6 is 11.6 Å². The average molecular weight is 242 g/mol. The van der Waals surface area contributed by atoms with Crippen molar-refractivity contribution < 1.29 is 14.3 Å². The lowest BCUT2D eigenvalue weighted by Gasteiger charge is -2.14. The summed E-state index contributed by atoms with van der Waals surface area (Å²) >= 11 is 5.64. The van der Waals surface area contributed by atoms with Gasteiger partial charge in [0, 0.05) is 6.20 Å². The summed E-state index contributed by atoms with van der Waals surface area (Å²) < 4.78 is 10.0. The molecular weight excluding hydrogens is 234 g/mol. The largest absolute Gasteiger partial charge is 0.494 e. The number of hydrogen-bond acceptors (Lipinski definition) is 5. The van der Waals surface area contributed by atoms with E-state index in [2.05, 4.69) is 15.3 Å². The monoisotopic (exact) mass is 241 g/mol. The first-order valence-electron chi connectivity index (χ1n) is 4.50. The molecule has 0 fully saturated rings. The predicted molar refractivity (Wildman–Crippen MR) is 55.7 cm³/mol. The molecule has 1 aliphatic heterocycles. The van der Waals surface area contributed by atoms with Crippen LogP contribution in [0.25, 0.3) is 0 Å². The van der Waals surface area contributed by atoms with E-state index < -0.39 is 5.91 Å². The molecule has 0 unspecified atom stereocenters. The van der Waals surface area contributed by atoms with E-state index in [9.17, 15) is 4.79 Å². The SMILES string of the molecule is O=C(Nc1nccc(Cl)n1)C1=COCCO1. The second-order valence-corrected chi connectivity index (χ2v) is 3.25. The topological polar surface area (TPSA) is 73.3 Å². The molecule has 16 heavy (non-hydrogen) atoms. The molecule has 2 heterocycles. The van der Waals surface area contributed by atoms with Crippen molar-refractivity contribution in [1.29, 1.82) is 0 Å². The highest BCUT2D eigenvalue weighted by Gasteiger charge is 2.16. The van der Waals surface area contributed by atoms with Crippen molar-refractivity contribution >= 4 is 23.5 Å². The fraction of sp³-hybridized carbons (Fsp3) is 0.222. The van der Waals surface area contributed by atoms with Gasteiger partial charge in [0.15, 0.2) is 0 Å². The van der Waals surface area contributed by atoms with Gasteiger partial charge in [0.2, 0.25) is 11.7 Å². The lowest BCUT2D eigenvalue weighted by Crippen LogP contribution is -2.22. The molecule has 0 saturated carbocycles. The predicted octanol–water partition coefficient (Wildman–Crippen LogP) is 0.957. The Kier molecular flexibility index (Phi) is 3.21. The molecule has 2 rings (SSSR count). The highest BCUT2D eigenvalue weighted by Crippen LogP contribution is 2.09. The number of aromatic nitrogens is 2. The fourth-order valence-electron chi connectivity index (χ4n) is 1.05. The zero-order valence-electron chi connectivity index (χ0n) is 8.14. The maximum atomic E-state index is 11.6. The van der Waals surface area contributed by atoms with Crippen molar-refractivity contribution in [2.75, 3.05) is 18.5 Å². The number of anilines is 1. The molecule has 0 spiro atoms. The molecule has 1 N–H and O–H groups in total. The van der Waals surface area contributed by atoms with Gasteiger partial charge < -0.3 is 9.47 Å². The molecule has 1 aliphatic rings. The Morgan fingerprint density at radius 3 is 3.06 bits per heavy atom. The van der Waals surface area contributed by atoms with Crippen LogP contribution in [-0.4, -0.2) is 29.1 Å². The van der Waals surface area contributed by atoms with E-state index in [0.29, 0.717) is 13.2 Å². The van der Waals surface area contributed by atoms with Gasteiger partial charge in [0.1, 0.15) is 24.6 Å². The minimum atomic E-state index is -0.470. The Balaban J connectivity index is 2.04. The summed E-state index contributed by atoms with van der Waals surface area (Å²) in [5.74, 6) is -0.260. The van der Waals surface area contributed by atoms with Gasteiger partial charge in [-0.2, -0.15) is 0 Å². The number of carbonyl (C=O) groups is 1. The summed E-state index contributed by atoms with van der Waals surface area (Å²) in [6, 6.07) is 1.51. The number of nitrogens with zero attached hydrogens (tertiary/aromatic N) is 2. The Hall–Kier alpha value is -1.82. The number of nitrogens with one attached hydrogen (secondary N) is 1. The van der Waals surface area contributed by atoms with Crippen LogP contribution in [0.1, 0.15) is 0 Å². The number of carbonyl (C=O) groups excluding carboxylic acids is 1. The summed E-state index contributed by atoms with van der Waals surface area (Å²) in [7, 11) is 0. The van der Waals surface area contributed by atoms with Gasteiger partial charge in [0.05, 0.1) is 0 Å². The Morgan fingerprint density at radius 2 is 2.38 bits per heavy atom. The van der Waals surface area contributed by atoms with E-state index in [1.165, 1.54) is 18.5 Å². The van der Waals surface area contributed by atoms with Gasteiger partial charge in [-0.25, -0.2) is 9.97 Å². The molecule has 1 aromatic heterocycles. The summed E-state index contributed by atoms with van der Waals surface area (Å²) in [5, 5.41) is 2.68. The third kappa shape index (κ3) is 2.60. The standard InChI is InChI=1S/C9H8ClN3O3/c10-7-1-2-11-9(12-7)13-8(14)6-5-15-3-4-16-6/h1-2,5H,3-4H2,(H,11,12,13,14). The number of ether oxygens (including phenoxy) is 2. The average Bonchev–Trinajstić information content (AvgIpc) is 2.30. The molecule has 0 aliphatic carbocycles. The summed E-state index contributed by atoms with van der Waals surface area (Å²) in [6.07, 6.45) is 2.70. The quantitative estimate of drug-likeness (QED) is 0.781. The normalized spacial score (nSPS) is 14.4. The fourth-order valence-corrected chi connectivity index (χ4v) is 1.18. The number of amides is 1. The first-order valence-corrected chi connectivity index (χ1v) is 4.88. The number of hydrogen-bond donors (Lipinski definition) is 1. The highest BCUT2D eigenvalue weighted by molar-refractivity contribution is 6.29. The molecule has 0 radical (unpaired) electrons. The molecule has 84 valence electrons. The summed E-state index contributed by atoms with van der Waals surface area (Å²) in [5.41, 5.74) is 0. The van der Waals surface area contributed by atoms with Crippen LogP contribution in [0.4, 0.5) is 5.95 Å². The molecule has 0 aromatic carbocycles. The van der Waals surface area contributed by atoms with E-state index >= 15 is 0 Å². The van der Waals surface area contributed by atoms with Crippen molar-refractivity contribution in [3.63, 3.8) is 0 Å². The molecule has 1 aromatic rings. The van der Waals surface area contributed by atoms with Crippen LogP contribution in [0.3, 0.4) is 0 Å². The smallest absolute Gasteiger partial charge is 0.296 e. The van der Waals surface area contributed by atoms with E-state index in [1.807, 2.05) is 0 Å². The molecular formula is C9H8ClN3O3. The molecule has 0 atom stereocenters. The van der Waals surface area contributed by atoms with Crippen molar-refractivity contribution in [3.05, 3.63) is 29.4 Å². The maximum Gasteiger partial charge on any atom is 0.296 e. The third-order valence-corrected chi connectivity index (χ3v) is 1.93. The number of rotatable bonds is 2. The van der Waals surface area contributed by atoms with Crippen molar-refractivity contribution in [3.8, 4) is 0 Å². The first-order chi connectivity index (χ1) is 7.75. The minimum absolute atomic E-state index is 0.0924. The van der Waals surface area contributed by atoms with Gasteiger partial charge >= 0.3 is 0 Å². The van der Waals surface area contributed by atoms with Crippen LogP contribution in [0.5, 0.6) is 0 Å². The Morgan fingerprint density at radius 1 is 1.50 bits per heavy atom. The van der Waals surface area contributed by atoms with Crippen LogP contribution < -0.4 is 5.32 Å². The first kappa shape index (κ1) is 10.7. The summed E-state index contributed by atoms with van der Waals surface area (Å²) in [4.78, 5) is 19.2. The second kappa shape index (κ2) is 4.80. The molecule has 0 saturated heterocycles. The Labute approximate surface area is 96.2 Å². The number of halogens is 1. The zero-order valence-corrected chi connectivity index (χ0v) is 8.90. The van der Waals surface area contributed by atoms with Crippen LogP contribution in [0.2, 0.25) is 5.15 Å². The Bertz CT molecular complexity index is 436. The van der Waals surface area contributed by atoms with E-state index in [-0.39, 0.29) is 16.9 Å². The van der Waals surface area contributed by atoms with E-state index in [1.54, 1.807) is 0 Å². The van der Waals surface area contributed by atoms with Crippen LogP contribution in [-0.2, 0) is 14.3 Å². The van der Waals surface area contributed by atoms with Gasteiger partial charge in [-0.15, -0.1) is 0 Å². The van der Waals surface area contributed by atoms with Crippen LogP contribution in [0.15, 0.2) is 24.3 Å². The third-order valence-electron chi connectivity index (χ3n) is 1.72. The van der Waals surface area contributed by atoms with E-state index in [4.69, 9.17) is 21.1 Å². The molecule has 7 heteroatoms. The summed E-state index contributed by atoms with van der Waals surface area (Å²) in [6.45, 7) is 0.778. The van der Waals surface area contributed by atoms with Gasteiger partial charge in [-0.3, -0.25) is 10.1 Å². The van der Waals surface area contributed by atoms with Crippen LogP contribution in [0, 0.1) is 0 Å². The van der Waals surface area contributed by atoms with Crippen molar-refractivity contribution in [2.24, 2.45) is 0 Å². The van der Waals surface area contributed by atoms with E-state index in [0.717, 1.165) is 0 Å². The minimum Gasteiger partial charge on any atom is -0.494 e. The maximum absolute atomic E-state index is 11.6. The van der Waals surface area contributed by atoms with Gasteiger partial charge in [-0.1, -0.05) is 11.6 Å². The lowest BCUT2D eigenvalue weighted by atomic mass is 10.4. The molecule has 0 bridgehead atoms. The molecule has 1 amide bonds. The lowest BCUT2D eigenvalue weighted by molar-refractivity contribution is -0.117. The van der Waals surface area contributed by atoms with Gasteiger partial charge in [0.25, 0.3) is 5.91 Å². The van der Waals surface area contributed by atoms with Crippen molar-refractivity contribution in [2.45, 2.75) is 0 Å². The molecule has 6 nitrogen and oxygen atoms in total. The second-order valence-electron chi connectivity index (χ2n) is 2.86.